The number of aliphatic carboxylic acids is 1. The van der Waals surface area contributed by atoms with Crippen LogP contribution in [0, 0.1) is 0 Å². The maximum atomic E-state index is 11.8. The molecule has 0 bridgehead atoms. The molecule has 0 aromatic heterocycles. The lowest BCUT2D eigenvalue weighted by Gasteiger charge is -2.16. The quantitative estimate of drug-likeness (QED) is 0.410. The first kappa shape index (κ1) is 15.5. The molecule has 108 valence electrons. The Labute approximate surface area is 116 Å². The van der Waals surface area contributed by atoms with Gasteiger partial charge in [-0.05, 0) is 12.5 Å². The summed E-state index contributed by atoms with van der Waals surface area (Å²) in [6.45, 7) is 1.48. The van der Waals surface area contributed by atoms with Gasteiger partial charge < -0.3 is 21.9 Å². The van der Waals surface area contributed by atoms with E-state index in [1.54, 1.807) is 24.3 Å². The van der Waals surface area contributed by atoms with E-state index < -0.39 is 24.0 Å². The fraction of sp³-hybridized carbons (Fsp3) is 0.308. The first-order chi connectivity index (χ1) is 9.40. The average Bonchev–Trinajstić information content (AvgIpc) is 2.38. The van der Waals surface area contributed by atoms with Crippen LogP contribution in [0.2, 0.25) is 0 Å². The van der Waals surface area contributed by atoms with Crippen molar-refractivity contribution >= 4 is 17.8 Å². The van der Waals surface area contributed by atoms with Crippen molar-refractivity contribution in [3.8, 4) is 0 Å². The largest absolute Gasteiger partial charge is 0.480 e. The summed E-state index contributed by atoms with van der Waals surface area (Å²) in [5.74, 6) is -1.87. The molecule has 0 radical (unpaired) electrons. The van der Waals surface area contributed by atoms with Crippen LogP contribution in [-0.4, -0.2) is 35.0 Å². The van der Waals surface area contributed by atoms with Gasteiger partial charge in [0.25, 0.3) is 0 Å². The Kier molecular flexibility index (Phi) is 5.52. The Balaban J connectivity index is 2.71. The summed E-state index contributed by atoms with van der Waals surface area (Å²) in [5, 5.41) is 11.6. The summed E-state index contributed by atoms with van der Waals surface area (Å²) in [4.78, 5) is 26.6. The fourth-order valence-corrected chi connectivity index (χ4v) is 1.62. The van der Waals surface area contributed by atoms with E-state index in [1.165, 1.54) is 6.92 Å². The zero-order valence-electron chi connectivity index (χ0n) is 11.1. The molecule has 7 nitrogen and oxygen atoms in total. The van der Waals surface area contributed by atoms with Gasteiger partial charge in [-0.1, -0.05) is 30.3 Å². The van der Waals surface area contributed by atoms with Crippen LogP contribution < -0.4 is 16.8 Å². The van der Waals surface area contributed by atoms with Gasteiger partial charge in [0.2, 0.25) is 5.91 Å². The molecule has 1 aromatic rings. The highest BCUT2D eigenvalue weighted by Crippen LogP contribution is 2.04. The molecule has 0 spiro atoms. The summed E-state index contributed by atoms with van der Waals surface area (Å²) in [5.41, 5.74) is 11.2. The number of guanidine groups is 1. The predicted molar refractivity (Wildman–Crippen MR) is 75.0 cm³/mol. The Morgan fingerprint density at radius 3 is 2.40 bits per heavy atom. The van der Waals surface area contributed by atoms with Gasteiger partial charge >= 0.3 is 5.97 Å². The molecule has 1 amide bonds. The normalized spacial score (nSPS) is 13.1. The van der Waals surface area contributed by atoms with Crippen LogP contribution in [0.4, 0.5) is 0 Å². The number of nitrogens with two attached hydrogens (primary N) is 2. The lowest BCUT2D eigenvalue weighted by molar-refractivity contribution is -0.141. The zero-order valence-corrected chi connectivity index (χ0v) is 11.1. The lowest BCUT2D eigenvalue weighted by Crippen LogP contribution is -2.46. The molecule has 0 aliphatic carbocycles. The third-order valence-corrected chi connectivity index (χ3v) is 2.62. The van der Waals surface area contributed by atoms with E-state index in [0.29, 0.717) is 0 Å². The molecule has 6 N–H and O–H groups in total. The third-order valence-electron chi connectivity index (χ3n) is 2.62. The number of rotatable bonds is 6. The second-order valence-corrected chi connectivity index (χ2v) is 4.32. The van der Waals surface area contributed by atoms with Gasteiger partial charge in [0.05, 0.1) is 0 Å². The summed E-state index contributed by atoms with van der Waals surface area (Å²) >= 11 is 0. The molecule has 20 heavy (non-hydrogen) atoms. The number of benzene rings is 1. The van der Waals surface area contributed by atoms with Gasteiger partial charge in [-0.3, -0.25) is 4.79 Å². The van der Waals surface area contributed by atoms with Crippen molar-refractivity contribution in [1.29, 1.82) is 0 Å². The maximum absolute atomic E-state index is 11.8. The van der Waals surface area contributed by atoms with Crippen LogP contribution in [0.1, 0.15) is 12.5 Å². The van der Waals surface area contributed by atoms with E-state index >= 15 is 0 Å². The van der Waals surface area contributed by atoms with Gasteiger partial charge in [0, 0.05) is 6.42 Å². The van der Waals surface area contributed by atoms with Crippen LogP contribution in [0.25, 0.3) is 0 Å². The van der Waals surface area contributed by atoms with Crippen molar-refractivity contribution in [2.75, 3.05) is 0 Å². The number of carboxylic acid groups (broad SMARTS) is 1. The first-order valence-electron chi connectivity index (χ1n) is 6.06. The number of aliphatic imine (C=N–C) groups is 1. The standard InChI is InChI=1S/C13H18N4O3/c1-8(16-13(14)15)11(18)17-10(12(19)20)7-9-5-3-2-4-6-9/h2-6,8,10H,7H2,1H3,(H,17,18)(H,19,20)(H4,14,15,16)/t8-,10-/m0/s1. The van der Waals surface area contributed by atoms with Crippen molar-refractivity contribution in [2.45, 2.75) is 25.4 Å². The monoisotopic (exact) mass is 278 g/mol. The summed E-state index contributed by atoms with van der Waals surface area (Å²) < 4.78 is 0. The van der Waals surface area contributed by atoms with Gasteiger partial charge in [-0.15, -0.1) is 0 Å². The summed E-state index contributed by atoms with van der Waals surface area (Å²) in [7, 11) is 0. The molecule has 7 heteroatoms. The van der Waals surface area contributed by atoms with Gasteiger partial charge in [0.1, 0.15) is 12.1 Å². The molecule has 0 aliphatic heterocycles. The maximum Gasteiger partial charge on any atom is 0.326 e. The molecule has 0 unspecified atom stereocenters. The zero-order chi connectivity index (χ0) is 15.1. The number of amides is 1. The third kappa shape index (κ3) is 4.97. The number of hydrogen-bond donors (Lipinski definition) is 4. The second-order valence-electron chi connectivity index (χ2n) is 4.32. The van der Waals surface area contributed by atoms with E-state index in [9.17, 15) is 9.59 Å². The summed E-state index contributed by atoms with van der Waals surface area (Å²) in [6, 6.07) is 7.16. The Morgan fingerprint density at radius 1 is 1.30 bits per heavy atom. The molecular weight excluding hydrogens is 260 g/mol. The van der Waals surface area contributed by atoms with Gasteiger partial charge in [0.15, 0.2) is 5.96 Å². The topological polar surface area (TPSA) is 131 Å². The SMILES string of the molecule is C[C@H](N=C(N)N)C(=O)N[C@@H](Cc1ccccc1)C(=O)O. The van der Waals surface area contributed by atoms with Crippen LogP contribution in [-0.2, 0) is 16.0 Å². The molecule has 0 saturated carbocycles. The molecule has 0 heterocycles. The first-order valence-corrected chi connectivity index (χ1v) is 6.06. The smallest absolute Gasteiger partial charge is 0.326 e. The Hall–Kier alpha value is -2.57. The minimum Gasteiger partial charge on any atom is -0.480 e. The van der Waals surface area contributed by atoms with Crippen LogP contribution in [0.15, 0.2) is 35.3 Å². The number of carboxylic acids is 1. The Bertz CT molecular complexity index is 498. The van der Waals surface area contributed by atoms with Crippen molar-refractivity contribution in [2.24, 2.45) is 16.5 Å². The number of carbonyl (C=O) groups is 2. The molecule has 1 rings (SSSR count). The molecule has 0 fully saturated rings. The molecule has 0 aliphatic rings. The van der Waals surface area contributed by atoms with Gasteiger partial charge in [-0.25, -0.2) is 9.79 Å². The molecule has 0 saturated heterocycles. The molecular formula is C13H18N4O3. The Morgan fingerprint density at radius 2 is 1.90 bits per heavy atom. The van der Waals surface area contributed by atoms with E-state index in [1.807, 2.05) is 6.07 Å². The van der Waals surface area contributed by atoms with E-state index in [-0.39, 0.29) is 12.4 Å². The number of nitrogens with one attached hydrogen (secondary N) is 1. The van der Waals surface area contributed by atoms with Crippen LogP contribution in [0.5, 0.6) is 0 Å². The highest BCUT2D eigenvalue weighted by atomic mass is 16.4. The van der Waals surface area contributed by atoms with Gasteiger partial charge in [-0.2, -0.15) is 0 Å². The minimum absolute atomic E-state index is 0.191. The highest BCUT2D eigenvalue weighted by molar-refractivity contribution is 5.89. The van der Waals surface area contributed by atoms with Crippen molar-refractivity contribution < 1.29 is 14.7 Å². The predicted octanol–water partition coefficient (Wildman–Crippen LogP) is -0.540. The average molecular weight is 278 g/mol. The minimum atomic E-state index is -1.11. The van der Waals surface area contributed by atoms with E-state index in [4.69, 9.17) is 16.6 Å². The highest BCUT2D eigenvalue weighted by Gasteiger charge is 2.23. The number of nitrogens with zero attached hydrogens (tertiary/aromatic N) is 1. The van der Waals surface area contributed by atoms with Crippen molar-refractivity contribution in [3.63, 3.8) is 0 Å². The molecule has 1 aromatic carbocycles. The van der Waals surface area contributed by atoms with Crippen LogP contribution >= 0.6 is 0 Å². The van der Waals surface area contributed by atoms with Crippen molar-refractivity contribution in [3.05, 3.63) is 35.9 Å². The summed E-state index contributed by atoms with van der Waals surface area (Å²) in [6.07, 6.45) is 0.191. The van der Waals surface area contributed by atoms with E-state index in [0.717, 1.165) is 5.56 Å². The molecule has 2 atom stereocenters. The number of carbonyl (C=O) groups excluding carboxylic acids is 1. The second kappa shape index (κ2) is 7.13. The van der Waals surface area contributed by atoms with E-state index in [2.05, 4.69) is 10.3 Å². The lowest BCUT2D eigenvalue weighted by atomic mass is 10.1. The fourth-order valence-electron chi connectivity index (χ4n) is 1.62. The van der Waals surface area contributed by atoms with Crippen LogP contribution in [0.3, 0.4) is 0 Å². The number of hydrogen-bond acceptors (Lipinski definition) is 3. The van der Waals surface area contributed by atoms with Crippen molar-refractivity contribution in [1.82, 2.24) is 5.32 Å².